The Balaban J connectivity index is 2.62. The second-order valence-electron chi connectivity index (χ2n) is 4.17. The molecule has 0 radical (unpaired) electrons. The van der Waals surface area contributed by atoms with E-state index in [4.69, 9.17) is 5.73 Å². The van der Waals surface area contributed by atoms with E-state index in [1.165, 1.54) is 6.07 Å². The van der Waals surface area contributed by atoms with Crippen LogP contribution in [0.5, 0.6) is 0 Å². The fourth-order valence-corrected chi connectivity index (χ4v) is 1.67. The number of halogens is 2. The minimum atomic E-state index is -0.667. The monoisotopic (exact) mass is 241 g/mol. The summed E-state index contributed by atoms with van der Waals surface area (Å²) in [6.07, 6.45) is 1.18. The van der Waals surface area contributed by atoms with Gasteiger partial charge in [0, 0.05) is 18.9 Å². The first-order chi connectivity index (χ1) is 8.06. The Morgan fingerprint density at radius 2 is 2.12 bits per heavy atom. The second kappa shape index (κ2) is 6.45. The Morgan fingerprint density at radius 3 is 2.65 bits per heavy atom. The molecular formula is C13H17F2NO. The summed E-state index contributed by atoms with van der Waals surface area (Å²) in [7, 11) is 0. The van der Waals surface area contributed by atoms with E-state index in [-0.39, 0.29) is 23.7 Å². The van der Waals surface area contributed by atoms with Gasteiger partial charge < -0.3 is 5.73 Å². The Morgan fingerprint density at radius 1 is 1.41 bits per heavy atom. The van der Waals surface area contributed by atoms with Crippen LogP contribution >= 0.6 is 0 Å². The van der Waals surface area contributed by atoms with Crippen LogP contribution in [-0.4, -0.2) is 12.3 Å². The van der Waals surface area contributed by atoms with Crippen LogP contribution < -0.4 is 5.73 Å². The summed E-state index contributed by atoms with van der Waals surface area (Å²) in [6.45, 7) is 2.41. The third-order valence-corrected chi connectivity index (χ3v) is 2.83. The zero-order valence-corrected chi connectivity index (χ0v) is 9.88. The molecule has 1 aromatic carbocycles. The topological polar surface area (TPSA) is 43.1 Å². The van der Waals surface area contributed by atoms with Crippen molar-refractivity contribution in [2.75, 3.05) is 6.54 Å². The van der Waals surface area contributed by atoms with Gasteiger partial charge in [-0.15, -0.1) is 0 Å². The normalized spacial score (nSPS) is 12.5. The third-order valence-electron chi connectivity index (χ3n) is 2.83. The SMILES string of the molecule is CCC(CN)CC(=O)Cc1ccc(F)cc1F. The minimum Gasteiger partial charge on any atom is -0.330 e. The molecule has 17 heavy (non-hydrogen) atoms. The standard InChI is InChI=1S/C13H17F2NO/c1-2-9(8-16)5-12(17)6-10-3-4-11(14)7-13(10)15/h3-4,7,9H,2,5-6,8,16H2,1H3. The highest BCUT2D eigenvalue weighted by molar-refractivity contribution is 5.81. The number of ketones is 1. The summed E-state index contributed by atoms with van der Waals surface area (Å²) in [4.78, 5) is 11.7. The number of rotatable bonds is 6. The molecule has 94 valence electrons. The molecule has 0 aliphatic carbocycles. The lowest BCUT2D eigenvalue weighted by Crippen LogP contribution is -2.18. The summed E-state index contributed by atoms with van der Waals surface area (Å²) in [6, 6.07) is 3.26. The molecule has 0 aliphatic heterocycles. The number of carbonyl (C=O) groups excluding carboxylic acids is 1. The van der Waals surface area contributed by atoms with Crippen LogP contribution in [0.15, 0.2) is 18.2 Å². The lowest BCUT2D eigenvalue weighted by Gasteiger charge is -2.11. The first kappa shape index (κ1) is 13.8. The second-order valence-corrected chi connectivity index (χ2v) is 4.17. The summed E-state index contributed by atoms with van der Waals surface area (Å²) in [5, 5.41) is 0. The molecule has 0 fully saturated rings. The molecule has 4 heteroatoms. The molecule has 2 N–H and O–H groups in total. The Hall–Kier alpha value is -1.29. The number of hydrogen-bond donors (Lipinski definition) is 1. The van der Waals surface area contributed by atoms with E-state index < -0.39 is 11.6 Å². The maximum atomic E-state index is 13.3. The van der Waals surface area contributed by atoms with Gasteiger partial charge in [-0.05, 0) is 24.1 Å². The molecule has 0 aromatic heterocycles. The van der Waals surface area contributed by atoms with Gasteiger partial charge in [-0.25, -0.2) is 8.78 Å². The fraction of sp³-hybridized carbons (Fsp3) is 0.462. The lowest BCUT2D eigenvalue weighted by atomic mass is 9.96. The van der Waals surface area contributed by atoms with Gasteiger partial charge in [0.2, 0.25) is 0 Å². The van der Waals surface area contributed by atoms with Crippen LogP contribution in [0.2, 0.25) is 0 Å². The molecule has 1 unspecified atom stereocenters. The molecule has 0 heterocycles. The van der Waals surface area contributed by atoms with Gasteiger partial charge in [-0.1, -0.05) is 19.4 Å². The number of benzene rings is 1. The van der Waals surface area contributed by atoms with Crippen LogP contribution in [0.3, 0.4) is 0 Å². The number of hydrogen-bond acceptors (Lipinski definition) is 2. The molecule has 0 aliphatic rings. The summed E-state index contributed by atoms with van der Waals surface area (Å²) in [5.41, 5.74) is 5.74. The van der Waals surface area contributed by atoms with E-state index in [0.717, 1.165) is 18.6 Å². The molecule has 0 amide bonds. The molecule has 1 rings (SSSR count). The van der Waals surface area contributed by atoms with E-state index in [1.807, 2.05) is 6.92 Å². The van der Waals surface area contributed by atoms with Gasteiger partial charge >= 0.3 is 0 Å². The Kier molecular flexibility index (Phi) is 5.22. The van der Waals surface area contributed by atoms with Crippen LogP contribution in [0.25, 0.3) is 0 Å². The molecular weight excluding hydrogens is 224 g/mol. The van der Waals surface area contributed by atoms with Gasteiger partial charge in [-0.2, -0.15) is 0 Å². The number of Topliss-reactive ketones (excluding diaryl/α,β-unsaturated/α-hetero) is 1. The van der Waals surface area contributed by atoms with Crippen molar-refractivity contribution in [1.82, 2.24) is 0 Å². The van der Waals surface area contributed by atoms with E-state index in [1.54, 1.807) is 0 Å². The highest BCUT2D eigenvalue weighted by Crippen LogP contribution is 2.14. The zero-order valence-electron chi connectivity index (χ0n) is 9.88. The average molecular weight is 241 g/mol. The quantitative estimate of drug-likeness (QED) is 0.831. The maximum absolute atomic E-state index is 13.3. The number of nitrogens with two attached hydrogens (primary N) is 1. The highest BCUT2D eigenvalue weighted by Gasteiger charge is 2.13. The van der Waals surface area contributed by atoms with Crippen molar-refractivity contribution in [2.45, 2.75) is 26.2 Å². The molecule has 1 aromatic rings. The molecule has 0 bridgehead atoms. The highest BCUT2D eigenvalue weighted by atomic mass is 19.1. The van der Waals surface area contributed by atoms with Crippen molar-refractivity contribution in [3.05, 3.63) is 35.4 Å². The van der Waals surface area contributed by atoms with Gasteiger partial charge in [0.25, 0.3) is 0 Å². The van der Waals surface area contributed by atoms with E-state index >= 15 is 0 Å². The van der Waals surface area contributed by atoms with Crippen molar-refractivity contribution in [3.8, 4) is 0 Å². The van der Waals surface area contributed by atoms with Crippen molar-refractivity contribution in [1.29, 1.82) is 0 Å². The molecule has 1 atom stereocenters. The predicted molar refractivity (Wildman–Crippen MR) is 62.5 cm³/mol. The third kappa shape index (κ3) is 4.23. The van der Waals surface area contributed by atoms with Crippen molar-refractivity contribution >= 4 is 5.78 Å². The smallest absolute Gasteiger partial charge is 0.137 e. The van der Waals surface area contributed by atoms with Crippen LogP contribution in [0.1, 0.15) is 25.3 Å². The Labute approximate surface area is 99.8 Å². The molecule has 0 saturated heterocycles. The minimum absolute atomic E-state index is 0.00259. The lowest BCUT2D eigenvalue weighted by molar-refractivity contribution is -0.119. The largest absolute Gasteiger partial charge is 0.330 e. The van der Waals surface area contributed by atoms with Crippen molar-refractivity contribution < 1.29 is 13.6 Å². The van der Waals surface area contributed by atoms with Crippen molar-refractivity contribution in [2.24, 2.45) is 11.7 Å². The van der Waals surface area contributed by atoms with Crippen LogP contribution in [0, 0.1) is 17.6 Å². The van der Waals surface area contributed by atoms with E-state index in [2.05, 4.69) is 0 Å². The summed E-state index contributed by atoms with van der Waals surface area (Å²) >= 11 is 0. The van der Waals surface area contributed by atoms with Gasteiger partial charge in [0.15, 0.2) is 0 Å². The molecule has 0 saturated carbocycles. The first-order valence-corrected chi connectivity index (χ1v) is 5.72. The first-order valence-electron chi connectivity index (χ1n) is 5.72. The number of carbonyl (C=O) groups is 1. The zero-order chi connectivity index (χ0) is 12.8. The van der Waals surface area contributed by atoms with Crippen LogP contribution in [0.4, 0.5) is 8.78 Å². The van der Waals surface area contributed by atoms with Gasteiger partial charge in [0.05, 0.1) is 0 Å². The summed E-state index contributed by atoms with van der Waals surface area (Å²) in [5.74, 6) is -1.22. The summed E-state index contributed by atoms with van der Waals surface area (Å²) < 4.78 is 26.0. The van der Waals surface area contributed by atoms with Crippen molar-refractivity contribution in [3.63, 3.8) is 0 Å². The maximum Gasteiger partial charge on any atom is 0.137 e. The van der Waals surface area contributed by atoms with E-state index in [9.17, 15) is 13.6 Å². The van der Waals surface area contributed by atoms with Gasteiger partial charge in [0.1, 0.15) is 17.4 Å². The Bertz CT molecular complexity index is 389. The van der Waals surface area contributed by atoms with Gasteiger partial charge in [-0.3, -0.25) is 4.79 Å². The predicted octanol–water partition coefficient (Wildman–Crippen LogP) is 2.45. The van der Waals surface area contributed by atoms with E-state index in [0.29, 0.717) is 13.0 Å². The molecule has 2 nitrogen and oxygen atoms in total. The molecule has 0 spiro atoms. The average Bonchev–Trinajstić information content (AvgIpc) is 2.29. The fourth-order valence-electron chi connectivity index (χ4n) is 1.67. The van der Waals surface area contributed by atoms with Crippen LogP contribution in [-0.2, 0) is 11.2 Å².